The fourth-order valence-electron chi connectivity index (χ4n) is 3.16. The smallest absolute Gasteiger partial charge is 0.424 e. The minimum atomic E-state index is -5.16. The van der Waals surface area contributed by atoms with Crippen LogP contribution in [0.1, 0.15) is 16.8 Å². The highest BCUT2D eigenvalue weighted by atomic mass is 35.5. The maximum absolute atomic E-state index is 13.8. The molecule has 2 aromatic heterocycles. The van der Waals surface area contributed by atoms with E-state index in [0.717, 1.165) is 12.1 Å². The van der Waals surface area contributed by atoms with Crippen molar-refractivity contribution in [2.24, 2.45) is 0 Å². The maximum atomic E-state index is 13.8. The van der Waals surface area contributed by atoms with Crippen LogP contribution in [-0.2, 0) is 18.5 Å². The van der Waals surface area contributed by atoms with Gasteiger partial charge in [-0.05, 0) is 36.4 Å². The highest BCUT2D eigenvalue weighted by molar-refractivity contribution is 6.38. The number of fused-ring (bicyclic) bond motifs is 1. The Balaban J connectivity index is 1.85. The topological polar surface area (TPSA) is 78.8 Å². The number of halogens is 11. The van der Waals surface area contributed by atoms with Crippen LogP contribution in [0.3, 0.4) is 0 Å². The Hall–Kier alpha value is -3.46. The number of aromatic nitrogens is 4. The van der Waals surface area contributed by atoms with Gasteiger partial charge in [0.25, 0.3) is 0 Å². The van der Waals surface area contributed by atoms with Gasteiger partial charge in [0.2, 0.25) is 0 Å². The second-order valence-corrected chi connectivity index (χ2v) is 8.07. The van der Waals surface area contributed by atoms with Gasteiger partial charge in [0, 0.05) is 0 Å². The molecule has 2 N–H and O–H groups in total. The van der Waals surface area contributed by atoms with Crippen LogP contribution >= 0.6 is 23.2 Å². The minimum Gasteiger partial charge on any atom is -0.424 e. The van der Waals surface area contributed by atoms with Crippen molar-refractivity contribution in [3.63, 3.8) is 0 Å². The van der Waals surface area contributed by atoms with Crippen molar-refractivity contribution in [3.8, 4) is 17.4 Å². The molecule has 0 fully saturated rings. The number of alkyl halides is 9. The van der Waals surface area contributed by atoms with Crippen LogP contribution < -0.4 is 10.5 Å². The molecule has 0 amide bonds. The SMILES string of the molecule is Nc1c2c(C(F)(F)F)nc(Oc3ccc(C(F)(F)F)cc3)nc2nn1-c1c(Cl)cc(C(F)(F)F)cc1Cl. The Kier molecular flexibility index (Phi) is 6.35. The third kappa shape index (κ3) is 5.18. The van der Waals surface area contributed by atoms with E-state index in [9.17, 15) is 39.5 Å². The van der Waals surface area contributed by atoms with Crippen molar-refractivity contribution in [1.82, 2.24) is 19.7 Å². The normalized spacial score (nSPS) is 12.8. The lowest BCUT2D eigenvalue weighted by atomic mass is 10.2. The number of nitrogen functional groups attached to an aromatic ring is 1. The van der Waals surface area contributed by atoms with E-state index in [4.69, 9.17) is 33.7 Å². The van der Waals surface area contributed by atoms with Crippen molar-refractivity contribution in [1.29, 1.82) is 0 Å². The molecule has 0 aliphatic carbocycles. The zero-order chi connectivity index (χ0) is 27.5. The molecule has 2 heterocycles. The molecule has 0 radical (unpaired) electrons. The summed E-state index contributed by atoms with van der Waals surface area (Å²) in [6.45, 7) is 0. The molecule has 0 saturated heterocycles. The summed E-state index contributed by atoms with van der Waals surface area (Å²) in [5, 5.41) is 1.66. The number of hydrogen-bond donors (Lipinski definition) is 1. The Labute approximate surface area is 209 Å². The second kappa shape index (κ2) is 8.83. The second-order valence-electron chi connectivity index (χ2n) is 7.26. The molecule has 0 atom stereocenters. The summed E-state index contributed by atoms with van der Waals surface area (Å²) in [5.41, 5.74) is 0.736. The molecule has 0 saturated carbocycles. The van der Waals surface area contributed by atoms with Crippen molar-refractivity contribution in [2.75, 3.05) is 5.73 Å². The Morgan fingerprint density at radius 2 is 1.30 bits per heavy atom. The first-order chi connectivity index (χ1) is 17.0. The first-order valence-electron chi connectivity index (χ1n) is 9.52. The van der Waals surface area contributed by atoms with Gasteiger partial charge in [-0.1, -0.05) is 23.2 Å². The van der Waals surface area contributed by atoms with E-state index < -0.39 is 73.9 Å². The first-order valence-corrected chi connectivity index (χ1v) is 10.3. The van der Waals surface area contributed by atoms with Crippen molar-refractivity contribution in [3.05, 3.63) is 63.3 Å². The summed E-state index contributed by atoms with van der Waals surface area (Å²) >= 11 is 11.8. The first kappa shape index (κ1) is 26.6. The number of nitrogens with two attached hydrogens (primary N) is 1. The number of nitrogens with zero attached hydrogens (tertiary/aromatic N) is 4. The molecular formula is C20H8Cl2F9N5O. The molecule has 6 nitrogen and oxygen atoms in total. The van der Waals surface area contributed by atoms with Crippen molar-refractivity contribution in [2.45, 2.75) is 18.5 Å². The molecule has 4 rings (SSSR count). The van der Waals surface area contributed by atoms with Crippen molar-refractivity contribution >= 4 is 40.1 Å². The van der Waals surface area contributed by atoms with Gasteiger partial charge in [-0.2, -0.15) is 49.5 Å². The van der Waals surface area contributed by atoms with Gasteiger partial charge in [-0.25, -0.2) is 4.68 Å². The standard InChI is InChI=1S/C20H8Cl2F9N5O/c21-10-5-8(19(26,27)28)6-11(22)13(10)36-15(32)12-14(20(29,30)31)33-17(34-16(12)35-36)37-9-3-1-7(2-4-9)18(23,24)25/h1-6H,32H2. The predicted octanol–water partition coefficient (Wildman–Crippen LogP) is 7.55. The molecule has 0 unspecified atom stereocenters. The van der Waals surface area contributed by atoms with Gasteiger partial charge < -0.3 is 10.5 Å². The van der Waals surface area contributed by atoms with E-state index >= 15 is 0 Å². The lowest BCUT2D eigenvalue weighted by molar-refractivity contribution is -0.140. The summed E-state index contributed by atoms with van der Waals surface area (Å²) in [5.74, 6) is -1.09. The number of anilines is 1. The number of rotatable bonds is 3. The van der Waals surface area contributed by atoms with E-state index in [2.05, 4.69) is 15.1 Å². The van der Waals surface area contributed by atoms with Crippen LogP contribution in [0, 0.1) is 0 Å². The number of ether oxygens (including phenoxy) is 1. The number of hydrogen-bond acceptors (Lipinski definition) is 5. The van der Waals surface area contributed by atoms with E-state index in [1.165, 1.54) is 0 Å². The molecule has 2 aromatic carbocycles. The number of benzene rings is 2. The largest absolute Gasteiger partial charge is 0.434 e. The Morgan fingerprint density at radius 3 is 1.78 bits per heavy atom. The van der Waals surface area contributed by atoms with Gasteiger partial charge in [0.1, 0.15) is 17.3 Å². The fourth-order valence-corrected chi connectivity index (χ4v) is 3.81. The molecule has 17 heteroatoms. The molecule has 0 bridgehead atoms. The van der Waals surface area contributed by atoms with E-state index in [-0.39, 0.29) is 5.75 Å². The van der Waals surface area contributed by atoms with Gasteiger partial charge in [-0.15, -0.1) is 5.10 Å². The van der Waals surface area contributed by atoms with E-state index in [0.29, 0.717) is 28.9 Å². The average Bonchev–Trinajstić information content (AvgIpc) is 3.07. The van der Waals surface area contributed by atoms with Crippen molar-refractivity contribution < 1.29 is 44.3 Å². The van der Waals surface area contributed by atoms with Crippen LogP contribution in [0.2, 0.25) is 10.0 Å². The lowest BCUT2D eigenvalue weighted by Gasteiger charge is -2.13. The zero-order valence-electron chi connectivity index (χ0n) is 17.4. The summed E-state index contributed by atoms with van der Waals surface area (Å²) < 4.78 is 124. The molecule has 196 valence electrons. The van der Waals surface area contributed by atoms with Crippen LogP contribution in [0.4, 0.5) is 45.3 Å². The Morgan fingerprint density at radius 1 is 0.757 bits per heavy atom. The Bertz CT molecular complexity index is 1470. The molecule has 0 aliphatic heterocycles. The lowest BCUT2D eigenvalue weighted by Crippen LogP contribution is -2.11. The van der Waals surface area contributed by atoms with Crippen LogP contribution in [-0.4, -0.2) is 19.7 Å². The van der Waals surface area contributed by atoms with E-state index in [1.807, 2.05) is 0 Å². The third-order valence-electron chi connectivity index (χ3n) is 4.76. The van der Waals surface area contributed by atoms with Crippen LogP contribution in [0.5, 0.6) is 11.8 Å². The van der Waals surface area contributed by atoms with Crippen LogP contribution in [0.25, 0.3) is 16.7 Å². The summed E-state index contributed by atoms with van der Waals surface area (Å²) in [6, 6.07) is 2.92. The molecule has 4 aromatic rings. The predicted molar refractivity (Wildman–Crippen MR) is 113 cm³/mol. The molecule has 0 aliphatic rings. The highest BCUT2D eigenvalue weighted by Gasteiger charge is 2.39. The molecule has 0 spiro atoms. The van der Waals surface area contributed by atoms with Gasteiger partial charge in [0.05, 0.1) is 26.6 Å². The minimum absolute atomic E-state index is 0.332. The summed E-state index contributed by atoms with van der Waals surface area (Å²) in [7, 11) is 0. The quantitative estimate of drug-likeness (QED) is 0.255. The average molecular weight is 576 g/mol. The fraction of sp³-hybridized carbons (Fsp3) is 0.150. The van der Waals surface area contributed by atoms with Gasteiger partial charge in [0.15, 0.2) is 11.3 Å². The zero-order valence-corrected chi connectivity index (χ0v) is 18.9. The summed E-state index contributed by atoms with van der Waals surface area (Å²) in [4.78, 5) is 6.97. The molecular weight excluding hydrogens is 568 g/mol. The van der Waals surface area contributed by atoms with Gasteiger partial charge >= 0.3 is 24.5 Å². The van der Waals surface area contributed by atoms with Gasteiger partial charge in [-0.3, -0.25) is 0 Å². The van der Waals surface area contributed by atoms with E-state index in [1.54, 1.807) is 0 Å². The summed E-state index contributed by atoms with van der Waals surface area (Å²) in [6.07, 6.45) is -14.6. The van der Waals surface area contributed by atoms with Crippen LogP contribution in [0.15, 0.2) is 36.4 Å². The monoisotopic (exact) mass is 575 g/mol. The molecule has 37 heavy (non-hydrogen) atoms. The maximum Gasteiger partial charge on any atom is 0.434 e. The third-order valence-corrected chi connectivity index (χ3v) is 5.34. The highest BCUT2D eigenvalue weighted by Crippen LogP contribution is 2.42.